The predicted octanol–water partition coefficient (Wildman–Crippen LogP) is 4.99. The van der Waals surface area contributed by atoms with Gasteiger partial charge < -0.3 is 10.1 Å². The van der Waals surface area contributed by atoms with Crippen LogP contribution in [0.3, 0.4) is 0 Å². The topological polar surface area (TPSA) is 96.7 Å². The van der Waals surface area contributed by atoms with Crippen molar-refractivity contribution in [2.75, 3.05) is 0 Å². The Morgan fingerprint density at radius 3 is 2.58 bits per heavy atom. The van der Waals surface area contributed by atoms with Crippen molar-refractivity contribution in [3.63, 3.8) is 0 Å². The highest BCUT2D eigenvalue weighted by Crippen LogP contribution is 2.44. The molecule has 1 atom stereocenters. The van der Waals surface area contributed by atoms with Crippen LogP contribution in [0.15, 0.2) is 31.0 Å². The number of rotatable bonds is 5. The van der Waals surface area contributed by atoms with Gasteiger partial charge in [-0.25, -0.2) is 14.8 Å². The Morgan fingerprint density at radius 2 is 1.94 bits per heavy atom. The summed E-state index contributed by atoms with van der Waals surface area (Å²) in [6.45, 7) is 0. The molecule has 0 radical (unpaired) electrons. The molecule has 7 nitrogen and oxygen atoms in total. The van der Waals surface area contributed by atoms with Gasteiger partial charge in [0.05, 0.1) is 17.9 Å². The molecule has 0 aromatic carbocycles. The number of aromatic nitrogens is 5. The Bertz CT molecular complexity index is 1030. The van der Waals surface area contributed by atoms with Gasteiger partial charge in [-0.05, 0) is 37.2 Å². The van der Waals surface area contributed by atoms with Crippen LogP contribution in [0.1, 0.15) is 51.0 Å². The van der Waals surface area contributed by atoms with Crippen molar-refractivity contribution in [2.45, 2.75) is 57.2 Å². The van der Waals surface area contributed by atoms with Gasteiger partial charge >= 0.3 is 12.1 Å². The highest BCUT2D eigenvalue weighted by atomic mass is 19.4. The minimum atomic E-state index is -5.08. The quantitative estimate of drug-likeness (QED) is 0.589. The second-order valence-corrected chi connectivity index (χ2v) is 8.27. The van der Waals surface area contributed by atoms with E-state index in [1.54, 1.807) is 6.33 Å². The molecule has 166 valence electrons. The van der Waals surface area contributed by atoms with Gasteiger partial charge in [0.25, 0.3) is 0 Å². The zero-order chi connectivity index (χ0) is 22.0. The van der Waals surface area contributed by atoms with Gasteiger partial charge in [0.2, 0.25) is 0 Å². The summed E-state index contributed by atoms with van der Waals surface area (Å²) >= 11 is 0. The first-order chi connectivity index (χ1) is 14.8. The summed E-state index contributed by atoms with van der Waals surface area (Å²) in [5.74, 6) is -1.03. The number of hydrogen-bond donors (Lipinski definition) is 2. The van der Waals surface area contributed by atoms with Crippen molar-refractivity contribution < 1.29 is 23.1 Å². The average molecular weight is 435 g/mol. The van der Waals surface area contributed by atoms with E-state index in [1.165, 1.54) is 44.9 Å². The predicted molar refractivity (Wildman–Crippen MR) is 107 cm³/mol. The Hall–Kier alpha value is -2.91. The van der Waals surface area contributed by atoms with Gasteiger partial charge in [-0.2, -0.15) is 18.3 Å². The molecule has 3 aromatic heterocycles. The standard InChI is InChI=1S/C19H23N5.C2HF3O2/c1-2-4-14(3-1)17(9-13-5-6-13)24-11-15(10-23-24)18-16-7-8-20-19(16)22-12-21-18;3-2(4,5)1(6)7/h7-8,10-14,17H,1-6,9H2,(H,20,21,22);(H,6,7). The number of nitrogens with one attached hydrogen (secondary N) is 1. The number of hydrogen-bond acceptors (Lipinski definition) is 4. The SMILES string of the molecule is O=C(O)C(F)(F)F.c1nc(-c2cnn(C(CC3CC3)C3CCCC3)c2)c2cc[nH]c2n1. The maximum Gasteiger partial charge on any atom is 0.490 e. The first-order valence-corrected chi connectivity index (χ1v) is 10.5. The average Bonchev–Trinajstić information content (AvgIpc) is 3.17. The number of carboxylic acid groups (broad SMARTS) is 1. The lowest BCUT2D eigenvalue weighted by atomic mass is 9.93. The van der Waals surface area contributed by atoms with Crippen LogP contribution in [0.2, 0.25) is 0 Å². The lowest BCUT2D eigenvalue weighted by molar-refractivity contribution is -0.192. The molecule has 0 bridgehead atoms. The third-order valence-electron chi connectivity index (χ3n) is 6.03. The molecule has 0 aliphatic heterocycles. The number of H-pyrrole nitrogens is 1. The van der Waals surface area contributed by atoms with Crippen LogP contribution in [-0.4, -0.2) is 42.0 Å². The van der Waals surface area contributed by atoms with Gasteiger partial charge in [0.15, 0.2) is 0 Å². The second-order valence-electron chi connectivity index (χ2n) is 8.27. The first kappa shape index (κ1) is 21.3. The molecule has 2 aliphatic carbocycles. The monoisotopic (exact) mass is 435 g/mol. The van der Waals surface area contributed by atoms with Gasteiger partial charge in [-0.3, -0.25) is 4.68 Å². The fourth-order valence-corrected chi connectivity index (χ4v) is 4.30. The molecule has 2 N–H and O–H groups in total. The van der Waals surface area contributed by atoms with Gasteiger partial charge in [-0.15, -0.1) is 0 Å². The van der Waals surface area contributed by atoms with Crippen LogP contribution in [0.5, 0.6) is 0 Å². The summed E-state index contributed by atoms with van der Waals surface area (Å²) in [6.07, 6.45) is 12.3. The molecule has 31 heavy (non-hydrogen) atoms. The number of aromatic amines is 1. The van der Waals surface area contributed by atoms with Crippen LogP contribution >= 0.6 is 0 Å². The summed E-state index contributed by atoms with van der Waals surface area (Å²) in [5, 5.41) is 12.9. The van der Waals surface area contributed by atoms with Crippen molar-refractivity contribution in [3.05, 3.63) is 31.0 Å². The molecule has 0 saturated heterocycles. The fraction of sp³-hybridized carbons (Fsp3) is 0.524. The van der Waals surface area contributed by atoms with Crippen LogP contribution in [0, 0.1) is 11.8 Å². The van der Waals surface area contributed by atoms with Gasteiger partial charge in [0, 0.05) is 23.3 Å². The highest BCUT2D eigenvalue weighted by molar-refractivity contribution is 5.89. The molecular formula is C21H24F3N5O2. The minimum Gasteiger partial charge on any atom is -0.475 e. The maximum atomic E-state index is 10.6. The van der Waals surface area contributed by atoms with E-state index in [1.807, 2.05) is 18.5 Å². The number of carbonyl (C=O) groups is 1. The largest absolute Gasteiger partial charge is 0.490 e. The molecule has 2 aliphatic rings. The van der Waals surface area contributed by atoms with Gasteiger partial charge in [0.1, 0.15) is 12.0 Å². The Labute approximate surface area is 176 Å². The molecule has 10 heteroatoms. The number of carboxylic acids is 1. The van der Waals surface area contributed by atoms with E-state index < -0.39 is 12.1 Å². The number of halogens is 3. The summed E-state index contributed by atoms with van der Waals surface area (Å²) in [4.78, 5) is 20.9. The van der Waals surface area contributed by atoms with Crippen LogP contribution in [0.25, 0.3) is 22.3 Å². The van der Waals surface area contributed by atoms with E-state index in [0.29, 0.717) is 6.04 Å². The Balaban J connectivity index is 0.000000289. The third kappa shape index (κ3) is 5.05. The fourth-order valence-electron chi connectivity index (χ4n) is 4.30. The molecular weight excluding hydrogens is 411 g/mol. The summed E-state index contributed by atoms with van der Waals surface area (Å²) < 4.78 is 34.0. The molecule has 0 spiro atoms. The molecule has 2 saturated carbocycles. The number of alkyl halides is 3. The molecule has 1 unspecified atom stereocenters. The molecule has 3 aromatic rings. The van der Waals surface area contributed by atoms with E-state index in [9.17, 15) is 13.2 Å². The van der Waals surface area contributed by atoms with Crippen molar-refractivity contribution >= 4 is 17.0 Å². The van der Waals surface area contributed by atoms with E-state index in [4.69, 9.17) is 15.0 Å². The number of aliphatic carboxylic acids is 1. The minimum absolute atomic E-state index is 0.567. The van der Waals surface area contributed by atoms with Crippen LogP contribution < -0.4 is 0 Å². The lowest BCUT2D eigenvalue weighted by Crippen LogP contribution is -2.21. The van der Waals surface area contributed by atoms with Crippen molar-refractivity contribution in [1.29, 1.82) is 0 Å². The lowest BCUT2D eigenvalue weighted by Gasteiger charge is -2.24. The zero-order valence-electron chi connectivity index (χ0n) is 16.8. The molecule has 5 rings (SSSR count). The Kier molecular flexibility index (Phi) is 5.97. The normalized spacial score (nSPS) is 18.0. The van der Waals surface area contributed by atoms with Crippen molar-refractivity contribution in [2.24, 2.45) is 11.8 Å². The highest BCUT2D eigenvalue weighted by Gasteiger charge is 2.38. The third-order valence-corrected chi connectivity index (χ3v) is 6.03. The smallest absolute Gasteiger partial charge is 0.475 e. The van der Waals surface area contributed by atoms with Crippen LogP contribution in [-0.2, 0) is 4.79 Å². The summed E-state index contributed by atoms with van der Waals surface area (Å²) in [5.41, 5.74) is 2.96. The maximum absolute atomic E-state index is 10.6. The Morgan fingerprint density at radius 1 is 1.23 bits per heavy atom. The van der Waals surface area contributed by atoms with Gasteiger partial charge in [-0.1, -0.05) is 25.7 Å². The number of nitrogens with zero attached hydrogens (tertiary/aromatic N) is 4. The molecule has 2 fully saturated rings. The summed E-state index contributed by atoms with van der Waals surface area (Å²) in [6, 6.07) is 2.61. The van der Waals surface area contributed by atoms with Crippen molar-refractivity contribution in [1.82, 2.24) is 24.7 Å². The first-order valence-electron chi connectivity index (χ1n) is 10.5. The number of fused-ring (bicyclic) bond motifs is 1. The molecule has 0 amide bonds. The van der Waals surface area contributed by atoms with E-state index in [0.717, 1.165) is 34.1 Å². The van der Waals surface area contributed by atoms with E-state index >= 15 is 0 Å². The molecule has 3 heterocycles. The van der Waals surface area contributed by atoms with Crippen molar-refractivity contribution in [3.8, 4) is 11.3 Å². The summed E-state index contributed by atoms with van der Waals surface area (Å²) in [7, 11) is 0. The second kappa shape index (κ2) is 8.68. The van der Waals surface area contributed by atoms with E-state index in [2.05, 4.69) is 25.8 Å². The van der Waals surface area contributed by atoms with E-state index in [-0.39, 0.29) is 0 Å². The zero-order valence-corrected chi connectivity index (χ0v) is 16.8. The van der Waals surface area contributed by atoms with Crippen LogP contribution in [0.4, 0.5) is 13.2 Å².